The summed E-state index contributed by atoms with van der Waals surface area (Å²) < 4.78 is 15.8. The molecule has 1 unspecified atom stereocenters. The van der Waals surface area contributed by atoms with Crippen LogP contribution >= 0.6 is 11.6 Å². The fourth-order valence-electron chi connectivity index (χ4n) is 5.10. The van der Waals surface area contributed by atoms with Crippen LogP contribution in [0.1, 0.15) is 21.5 Å². The summed E-state index contributed by atoms with van der Waals surface area (Å²) in [5.41, 5.74) is 2.40. The van der Waals surface area contributed by atoms with Gasteiger partial charge in [0.2, 0.25) is 5.43 Å². The minimum atomic E-state index is -0.409. The molecule has 2 aromatic carbocycles. The van der Waals surface area contributed by atoms with Crippen LogP contribution in [0.2, 0.25) is 5.02 Å². The quantitative estimate of drug-likeness (QED) is 0.393. The molecule has 1 N–H and O–H groups in total. The number of carbonyl (C=O) groups is 1. The maximum absolute atomic E-state index is 13.7. The molecule has 9 nitrogen and oxygen atoms in total. The van der Waals surface area contributed by atoms with E-state index in [0.29, 0.717) is 55.6 Å². The molecule has 2 aromatic heterocycles. The van der Waals surface area contributed by atoms with Crippen molar-refractivity contribution in [3.63, 3.8) is 0 Å². The number of pyridine rings is 1. The maximum Gasteiger partial charge on any atom is 0.257 e. The summed E-state index contributed by atoms with van der Waals surface area (Å²) in [5.74, 6) is 0.251. The molecule has 38 heavy (non-hydrogen) atoms. The Morgan fingerprint density at radius 1 is 1.13 bits per heavy atom. The van der Waals surface area contributed by atoms with E-state index >= 15 is 0 Å². The topological polar surface area (TPSA) is 90.6 Å². The molecule has 2 aliphatic rings. The van der Waals surface area contributed by atoms with Crippen LogP contribution in [-0.4, -0.2) is 57.3 Å². The van der Waals surface area contributed by atoms with Gasteiger partial charge in [0.1, 0.15) is 17.4 Å². The third-order valence-electron chi connectivity index (χ3n) is 6.98. The van der Waals surface area contributed by atoms with Crippen LogP contribution in [-0.2, 0) is 30.9 Å². The van der Waals surface area contributed by atoms with Gasteiger partial charge >= 0.3 is 0 Å². The molecule has 6 rings (SSSR count). The number of imidazole rings is 1. The number of morpholine rings is 1. The molecule has 4 heterocycles. The number of ether oxygens (including phenoxy) is 2. The Labute approximate surface area is 224 Å². The van der Waals surface area contributed by atoms with Gasteiger partial charge in [-0.2, -0.15) is 0 Å². The number of amides is 1. The lowest BCUT2D eigenvalue weighted by Gasteiger charge is -2.30. The Morgan fingerprint density at radius 3 is 2.71 bits per heavy atom. The van der Waals surface area contributed by atoms with Crippen LogP contribution in [0, 0.1) is 0 Å². The summed E-state index contributed by atoms with van der Waals surface area (Å²) >= 11 is 5.97. The summed E-state index contributed by atoms with van der Waals surface area (Å²) in [6.07, 6.45) is 6.86. The van der Waals surface area contributed by atoms with E-state index in [0.717, 1.165) is 29.7 Å². The highest BCUT2D eigenvalue weighted by Gasteiger charge is 2.26. The highest BCUT2D eigenvalue weighted by Crippen LogP contribution is 2.32. The van der Waals surface area contributed by atoms with Crippen molar-refractivity contribution in [2.45, 2.75) is 32.3 Å². The molecule has 0 spiro atoms. The Balaban J connectivity index is 1.35. The molecule has 1 amide bonds. The van der Waals surface area contributed by atoms with Crippen molar-refractivity contribution in [1.29, 1.82) is 0 Å². The lowest BCUT2D eigenvalue weighted by atomic mass is 10.0. The average molecular weight is 534 g/mol. The number of carbonyl (C=O) groups excluding carboxylic acids is 1. The fourth-order valence-corrected chi connectivity index (χ4v) is 5.23. The molecule has 10 heteroatoms. The molecule has 0 saturated carbocycles. The third kappa shape index (κ3) is 5.18. The molecule has 2 aliphatic heterocycles. The SMILES string of the molecule is O=C(NCc1ccc(Cl)cc1)c1cn2c3c(cc(CN4CCOCC4)cc3c1=O)OC(Cn1ccnc1)C2. The molecule has 4 aromatic rings. The molecular weight excluding hydrogens is 506 g/mol. The molecule has 0 radical (unpaired) electrons. The van der Waals surface area contributed by atoms with Gasteiger partial charge in [0.25, 0.3) is 5.91 Å². The van der Waals surface area contributed by atoms with Crippen molar-refractivity contribution in [3.05, 3.63) is 93.3 Å². The molecule has 1 fully saturated rings. The van der Waals surface area contributed by atoms with Gasteiger partial charge < -0.3 is 23.9 Å². The number of hydrogen-bond donors (Lipinski definition) is 1. The number of hydrogen-bond acceptors (Lipinski definition) is 6. The van der Waals surface area contributed by atoms with Gasteiger partial charge in [0.15, 0.2) is 0 Å². The standard InChI is InChI=1S/C28H28ClN5O4/c29-21-3-1-19(2-4-21)13-31-28(36)24-17-34-16-22(15-33-6-5-30-18-33)38-25-12-20(11-23(26(25)34)27(24)35)14-32-7-9-37-10-8-32/h1-6,11-12,17-18,22H,7-10,13-16H2,(H,31,36). The number of halogens is 1. The highest BCUT2D eigenvalue weighted by molar-refractivity contribution is 6.30. The van der Waals surface area contributed by atoms with E-state index in [4.69, 9.17) is 21.1 Å². The Hall–Kier alpha value is -3.66. The van der Waals surface area contributed by atoms with Gasteiger partial charge in [-0.1, -0.05) is 23.7 Å². The average Bonchev–Trinajstić information content (AvgIpc) is 3.43. The van der Waals surface area contributed by atoms with E-state index in [1.54, 1.807) is 30.9 Å². The first-order valence-electron chi connectivity index (χ1n) is 12.7. The predicted molar refractivity (Wildman–Crippen MR) is 144 cm³/mol. The largest absolute Gasteiger partial charge is 0.484 e. The number of rotatable bonds is 7. The van der Waals surface area contributed by atoms with Crippen LogP contribution < -0.4 is 15.5 Å². The van der Waals surface area contributed by atoms with Crippen molar-refractivity contribution in [2.75, 3.05) is 26.3 Å². The van der Waals surface area contributed by atoms with Crippen LogP contribution in [0.5, 0.6) is 5.75 Å². The van der Waals surface area contributed by atoms with Gasteiger partial charge in [-0.15, -0.1) is 0 Å². The number of nitrogens with one attached hydrogen (secondary N) is 1. The Bertz CT molecular complexity index is 1510. The van der Waals surface area contributed by atoms with Crippen molar-refractivity contribution in [2.24, 2.45) is 0 Å². The van der Waals surface area contributed by atoms with Crippen LogP contribution in [0.4, 0.5) is 0 Å². The molecular formula is C28H28ClN5O4. The van der Waals surface area contributed by atoms with Gasteiger partial charge in [0.05, 0.1) is 43.5 Å². The van der Waals surface area contributed by atoms with Crippen molar-refractivity contribution in [1.82, 2.24) is 24.3 Å². The first kappa shape index (κ1) is 24.7. The minimum absolute atomic E-state index is 0.115. The zero-order valence-corrected chi connectivity index (χ0v) is 21.6. The van der Waals surface area contributed by atoms with Crippen LogP contribution in [0.15, 0.2) is 66.1 Å². The lowest BCUT2D eigenvalue weighted by Crippen LogP contribution is -2.36. The van der Waals surface area contributed by atoms with Gasteiger partial charge in [-0.25, -0.2) is 4.98 Å². The van der Waals surface area contributed by atoms with E-state index in [-0.39, 0.29) is 17.1 Å². The second-order valence-corrected chi connectivity index (χ2v) is 10.1. The monoisotopic (exact) mass is 533 g/mol. The maximum atomic E-state index is 13.7. The van der Waals surface area contributed by atoms with Crippen LogP contribution in [0.25, 0.3) is 10.9 Å². The van der Waals surface area contributed by atoms with E-state index in [1.807, 2.05) is 39.6 Å². The molecule has 1 saturated heterocycles. The van der Waals surface area contributed by atoms with Crippen molar-refractivity contribution in [3.8, 4) is 5.75 Å². The molecule has 1 atom stereocenters. The van der Waals surface area contributed by atoms with Gasteiger partial charge in [-0.05, 0) is 35.4 Å². The van der Waals surface area contributed by atoms with E-state index in [1.165, 1.54) is 0 Å². The zero-order chi connectivity index (χ0) is 26.1. The highest BCUT2D eigenvalue weighted by atomic mass is 35.5. The summed E-state index contributed by atoms with van der Waals surface area (Å²) in [6, 6.07) is 11.2. The second-order valence-electron chi connectivity index (χ2n) is 9.71. The normalized spacial score (nSPS) is 17.3. The smallest absolute Gasteiger partial charge is 0.257 e. The Kier molecular flexibility index (Phi) is 6.88. The van der Waals surface area contributed by atoms with Gasteiger partial charge in [0, 0.05) is 49.8 Å². The lowest BCUT2D eigenvalue weighted by molar-refractivity contribution is 0.0341. The van der Waals surface area contributed by atoms with E-state index in [9.17, 15) is 9.59 Å². The fraction of sp³-hybridized carbons (Fsp3) is 0.321. The summed E-state index contributed by atoms with van der Waals surface area (Å²) in [5, 5.41) is 4.01. The molecule has 0 bridgehead atoms. The summed E-state index contributed by atoms with van der Waals surface area (Å²) in [4.78, 5) is 33.3. The minimum Gasteiger partial charge on any atom is -0.484 e. The zero-order valence-electron chi connectivity index (χ0n) is 20.8. The van der Waals surface area contributed by atoms with Gasteiger partial charge in [-0.3, -0.25) is 14.5 Å². The van der Waals surface area contributed by atoms with E-state index in [2.05, 4.69) is 15.2 Å². The Morgan fingerprint density at radius 2 is 1.95 bits per heavy atom. The van der Waals surface area contributed by atoms with E-state index < -0.39 is 5.91 Å². The second kappa shape index (κ2) is 10.6. The predicted octanol–water partition coefficient (Wildman–Crippen LogP) is 3.07. The third-order valence-corrected chi connectivity index (χ3v) is 7.24. The molecule has 0 aliphatic carbocycles. The van der Waals surface area contributed by atoms with Crippen LogP contribution in [0.3, 0.4) is 0 Å². The first-order chi connectivity index (χ1) is 18.5. The summed E-state index contributed by atoms with van der Waals surface area (Å²) in [7, 11) is 0. The number of nitrogens with zero attached hydrogens (tertiary/aromatic N) is 4. The number of aromatic nitrogens is 3. The molecule has 196 valence electrons. The first-order valence-corrected chi connectivity index (χ1v) is 13.1. The summed E-state index contributed by atoms with van der Waals surface area (Å²) in [6.45, 7) is 5.10. The van der Waals surface area contributed by atoms with Crippen molar-refractivity contribution < 1.29 is 14.3 Å². The number of benzene rings is 2. The van der Waals surface area contributed by atoms with Crippen molar-refractivity contribution >= 4 is 28.4 Å².